The SMILES string of the molecule is CC(C)[C@@H]1CC[C@@H](C)C[C@H]1NC(=O)COC(=O)Cc1ccccc1. The van der Waals surface area contributed by atoms with E-state index in [9.17, 15) is 9.59 Å². The Labute approximate surface area is 145 Å². The fraction of sp³-hybridized carbons (Fsp3) is 0.600. The maximum absolute atomic E-state index is 12.2. The molecule has 24 heavy (non-hydrogen) atoms. The van der Waals surface area contributed by atoms with Crippen LogP contribution in [0.25, 0.3) is 0 Å². The van der Waals surface area contributed by atoms with E-state index < -0.39 is 0 Å². The fourth-order valence-electron chi connectivity index (χ4n) is 3.58. The number of rotatable bonds is 6. The molecule has 1 amide bonds. The van der Waals surface area contributed by atoms with Crippen molar-refractivity contribution in [1.82, 2.24) is 5.32 Å². The summed E-state index contributed by atoms with van der Waals surface area (Å²) < 4.78 is 5.12. The minimum atomic E-state index is -0.367. The number of ether oxygens (including phenoxy) is 1. The summed E-state index contributed by atoms with van der Waals surface area (Å²) in [7, 11) is 0. The second-order valence-corrected chi connectivity index (χ2v) is 7.32. The third-order valence-electron chi connectivity index (χ3n) is 4.92. The van der Waals surface area contributed by atoms with Crippen molar-refractivity contribution in [2.75, 3.05) is 6.61 Å². The van der Waals surface area contributed by atoms with Crippen LogP contribution in [0.15, 0.2) is 30.3 Å². The first kappa shape index (κ1) is 18.5. The second kappa shape index (κ2) is 8.86. The molecule has 0 bridgehead atoms. The number of carbonyl (C=O) groups is 2. The van der Waals surface area contributed by atoms with E-state index in [4.69, 9.17) is 4.74 Å². The smallest absolute Gasteiger partial charge is 0.310 e. The van der Waals surface area contributed by atoms with Crippen LogP contribution < -0.4 is 5.32 Å². The number of esters is 1. The largest absolute Gasteiger partial charge is 0.455 e. The number of amides is 1. The zero-order valence-corrected chi connectivity index (χ0v) is 15.0. The molecule has 1 aliphatic rings. The normalized spacial score (nSPS) is 23.8. The average Bonchev–Trinajstić information content (AvgIpc) is 2.53. The highest BCUT2D eigenvalue weighted by atomic mass is 16.5. The van der Waals surface area contributed by atoms with Gasteiger partial charge in [-0.15, -0.1) is 0 Å². The van der Waals surface area contributed by atoms with Gasteiger partial charge in [0.25, 0.3) is 5.91 Å². The van der Waals surface area contributed by atoms with Gasteiger partial charge in [-0.2, -0.15) is 0 Å². The van der Waals surface area contributed by atoms with Crippen molar-refractivity contribution in [1.29, 1.82) is 0 Å². The second-order valence-electron chi connectivity index (χ2n) is 7.32. The molecule has 1 aromatic carbocycles. The molecule has 0 saturated heterocycles. The highest BCUT2D eigenvalue weighted by molar-refractivity contribution is 5.81. The summed E-state index contributed by atoms with van der Waals surface area (Å²) in [5, 5.41) is 3.08. The summed E-state index contributed by atoms with van der Waals surface area (Å²) in [6.45, 7) is 6.45. The fourth-order valence-corrected chi connectivity index (χ4v) is 3.58. The maximum atomic E-state index is 12.2. The Morgan fingerprint density at radius 2 is 1.92 bits per heavy atom. The Kier molecular flexibility index (Phi) is 6.83. The van der Waals surface area contributed by atoms with Crippen LogP contribution in [0.2, 0.25) is 0 Å². The number of hydrogen-bond acceptors (Lipinski definition) is 3. The van der Waals surface area contributed by atoms with Gasteiger partial charge in [-0.05, 0) is 36.2 Å². The average molecular weight is 331 g/mol. The molecule has 2 rings (SSSR count). The van der Waals surface area contributed by atoms with Crippen molar-refractivity contribution in [2.45, 2.75) is 52.5 Å². The molecule has 132 valence electrons. The first-order chi connectivity index (χ1) is 11.5. The molecular weight excluding hydrogens is 302 g/mol. The summed E-state index contributed by atoms with van der Waals surface area (Å²) in [4.78, 5) is 24.0. The van der Waals surface area contributed by atoms with Crippen molar-refractivity contribution in [3.05, 3.63) is 35.9 Å². The predicted molar refractivity (Wildman–Crippen MR) is 94.4 cm³/mol. The summed E-state index contributed by atoms with van der Waals surface area (Å²) in [5.74, 6) is 1.12. The quantitative estimate of drug-likeness (QED) is 0.813. The Hall–Kier alpha value is -1.84. The predicted octanol–water partition coefficient (Wildman–Crippen LogP) is 3.35. The van der Waals surface area contributed by atoms with Crippen LogP contribution in [-0.2, 0) is 20.7 Å². The number of carbonyl (C=O) groups excluding carboxylic acids is 2. The molecule has 0 radical (unpaired) electrons. The molecule has 1 aliphatic carbocycles. The van der Waals surface area contributed by atoms with E-state index in [1.165, 1.54) is 6.42 Å². The Balaban J connectivity index is 1.78. The Bertz CT molecular complexity index is 541. The third-order valence-corrected chi connectivity index (χ3v) is 4.92. The highest BCUT2D eigenvalue weighted by Gasteiger charge is 2.31. The summed E-state index contributed by atoms with van der Waals surface area (Å²) in [6.07, 6.45) is 3.58. The van der Waals surface area contributed by atoms with Crippen LogP contribution in [0.4, 0.5) is 0 Å². The summed E-state index contributed by atoms with van der Waals surface area (Å²) >= 11 is 0. The van der Waals surface area contributed by atoms with Crippen molar-refractivity contribution in [2.24, 2.45) is 17.8 Å². The van der Waals surface area contributed by atoms with Crippen LogP contribution >= 0.6 is 0 Å². The van der Waals surface area contributed by atoms with Crippen LogP contribution in [0.3, 0.4) is 0 Å². The van der Waals surface area contributed by atoms with Gasteiger partial charge in [-0.25, -0.2) is 0 Å². The van der Waals surface area contributed by atoms with E-state index in [1.54, 1.807) is 0 Å². The molecule has 0 spiro atoms. The van der Waals surface area contributed by atoms with E-state index in [-0.39, 0.29) is 30.9 Å². The monoisotopic (exact) mass is 331 g/mol. The van der Waals surface area contributed by atoms with Crippen molar-refractivity contribution in [3.63, 3.8) is 0 Å². The minimum absolute atomic E-state index is 0.189. The van der Waals surface area contributed by atoms with Crippen LogP contribution in [0.5, 0.6) is 0 Å². The van der Waals surface area contributed by atoms with Crippen molar-refractivity contribution in [3.8, 4) is 0 Å². The first-order valence-corrected chi connectivity index (χ1v) is 8.94. The van der Waals surface area contributed by atoms with Gasteiger partial charge in [0.05, 0.1) is 6.42 Å². The Morgan fingerprint density at radius 3 is 2.58 bits per heavy atom. The molecular formula is C20H29NO3. The molecule has 0 heterocycles. The standard InChI is InChI=1S/C20H29NO3/c1-14(2)17-10-9-15(3)11-18(17)21-19(22)13-24-20(23)12-16-7-5-4-6-8-16/h4-8,14-15,17-18H,9-13H2,1-3H3,(H,21,22)/t15-,17+,18-/m1/s1. The van der Waals surface area contributed by atoms with Gasteiger partial charge in [-0.1, -0.05) is 57.5 Å². The van der Waals surface area contributed by atoms with Crippen molar-refractivity contribution >= 4 is 11.9 Å². The van der Waals surface area contributed by atoms with E-state index in [0.717, 1.165) is 18.4 Å². The number of benzene rings is 1. The topological polar surface area (TPSA) is 55.4 Å². The lowest BCUT2D eigenvalue weighted by Gasteiger charge is -2.37. The first-order valence-electron chi connectivity index (χ1n) is 8.94. The third kappa shape index (κ3) is 5.66. The van der Waals surface area contributed by atoms with Gasteiger partial charge in [0, 0.05) is 6.04 Å². The lowest BCUT2D eigenvalue weighted by molar-refractivity contribution is -0.148. The summed E-state index contributed by atoms with van der Waals surface area (Å²) in [6, 6.07) is 9.60. The van der Waals surface area contributed by atoms with E-state index in [1.807, 2.05) is 30.3 Å². The lowest BCUT2D eigenvalue weighted by Crippen LogP contribution is -2.46. The number of hydrogen-bond donors (Lipinski definition) is 1. The van der Waals surface area contributed by atoms with Crippen LogP contribution in [0.1, 0.15) is 45.6 Å². The van der Waals surface area contributed by atoms with Crippen LogP contribution in [0, 0.1) is 17.8 Å². The molecule has 1 fully saturated rings. The van der Waals surface area contributed by atoms with E-state index in [0.29, 0.717) is 17.8 Å². The molecule has 4 nitrogen and oxygen atoms in total. The molecule has 4 heteroatoms. The van der Waals surface area contributed by atoms with Gasteiger partial charge < -0.3 is 10.1 Å². The molecule has 1 N–H and O–H groups in total. The zero-order valence-electron chi connectivity index (χ0n) is 15.0. The van der Waals surface area contributed by atoms with Gasteiger partial charge in [0.1, 0.15) is 0 Å². The maximum Gasteiger partial charge on any atom is 0.310 e. The molecule has 0 aliphatic heterocycles. The van der Waals surface area contributed by atoms with E-state index >= 15 is 0 Å². The van der Waals surface area contributed by atoms with E-state index in [2.05, 4.69) is 26.1 Å². The summed E-state index contributed by atoms with van der Waals surface area (Å²) in [5.41, 5.74) is 0.892. The zero-order chi connectivity index (χ0) is 17.5. The van der Waals surface area contributed by atoms with Gasteiger partial charge in [0.15, 0.2) is 6.61 Å². The van der Waals surface area contributed by atoms with Gasteiger partial charge >= 0.3 is 5.97 Å². The molecule has 1 saturated carbocycles. The van der Waals surface area contributed by atoms with Gasteiger partial charge in [-0.3, -0.25) is 9.59 Å². The van der Waals surface area contributed by atoms with Gasteiger partial charge in [0.2, 0.25) is 0 Å². The lowest BCUT2D eigenvalue weighted by atomic mass is 9.74. The van der Waals surface area contributed by atoms with Crippen molar-refractivity contribution < 1.29 is 14.3 Å². The van der Waals surface area contributed by atoms with Crippen LogP contribution in [-0.4, -0.2) is 24.5 Å². The molecule has 0 unspecified atom stereocenters. The number of nitrogens with one attached hydrogen (secondary N) is 1. The molecule has 1 aromatic rings. The molecule has 3 atom stereocenters. The minimum Gasteiger partial charge on any atom is -0.455 e. The Morgan fingerprint density at radius 1 is 1.21 bits per heavy atom. The molecule has 0 aromatic heterocycles. The highest BCUT2D eigenvalue weighted by Crippen LogP contribution is 2.33.